The molecule has 1 rings (SSSR count). The number of hydrogen-bond donors (Lipinski definition) is 2. The summed E-state index contributed by atoms with van der Waals surface area (Å²) in [6, 6.07) is 1.08. The Labute approximate surface area is 100 Å². The van der Waals surface area contributed by atoms with Crippen LogP contribution in [0.2, 0.25) is 0 Å². The number of rotatable bonds is 5. The van der Waals surface area contributed by atoms with Crippen LogP contribution >= 0.6 is 0 Å². The zero-order valence-corrected chi connectivity index (χ0v) is 10.4. The van der Waals surface area contributed by atoms with E-state index in [1.807, 2.05) is 19.0 Å². The highest BCUT2D eigenvalue weighted by molar-refractivity contribution is 5.82. The first kappa shape index (κ1) is 13.1. The van der Waals surface area contributed by atoms with Crippen molar-refractivity contribution in [2.75, 3.05) is 31.4 Å². The van der Waals surface area contributed by atoms with Crippen LogP contribution < -0.4 is 15.0 Å². The molecule has 0 spiro atoms. The van der Waals surface area contributed by atoms with Gasteiger partial charge in [0.2, 0.25) is 5.88 Å². The van der Waals surface area contributed by atoms with Gasteiger partial charge in [-0.25, -0.2) is 4.98 Å². The van der Waals surface area contributed by atoms with Crippen LogP contribution in [0.4, 0.5) is 11.4 Å². The zero-order valence-electron chi connectivity index (χ0n) is 10.4. The number of ether oxygens (including phenoxy) is 1. The Morgan fingerprint density at radius 3 is 2.71 bits per heavy atom. The van der Waals surface area contributed by atoms with Gasteiger partial charge in [0.05, 0.1) is 12.8 Å². The molecule has 94 valence electrons. The van der Waals surface area contributed by atoms with E-state index < -0.39 is 12.0 Å². The molecule has 1 atom stereocenters. The predicted molar refractivity (Wildman–Crippen MR) is 65.8 cm³/mol. The van der Waals surface area contributed by atoms with Crippen molar-refractivity contribution in [1.29, 1.82) is 0 Å². The number of anilines is 2. The van der Waals surface area contributed by atoms with E-state index in [9.17, 15) is 4.79 Å². The number of methoxy groups -OCH3 is 1. The highest BCUT2D eigenvalue weighted by Gasteiger charge is 2.17. The van der Waals surface area contributed by atoms with Crippen LogP contribution in [0.25, 0.3) is 0 Å². The lowest BCUT2D eigenvalue weighted by Gasteiger charge is -2.21. The molecule has 17 heavy (non-hydrogen) atoms. The van der Waals surface area contributed by atoms with Crippen LogP contribution in [0.1, 0.15) is 6.92 Å². The minimum Gasteiger partial charge on any atom is -0.480 e. The number of carboxylic acid groups (broad SMARTS) is 1. The summed E-state index contributed by atoms with van der Waals surface area (Å²) >= 11 is 0. The summed E-state index contributed by atoms with van der Waals surface area (Å²) in [5.41, 5.74) is 1.40. The van der Waals surface area contributed by atoms with E-state index in [0.717, 1.165) is 5.69 Å². The molecular formula is C11H17N3O3. The standard InChI is InChI=1S/C11H17N3O3/c1-7(11(15)16)13-9-8(14(2)3)5-6-12-10(9)17-4/h5-7,13H,1-4H3,(H,15,16). The summed E-state index contributed by atoms with van der Waals surface area (Å²) in [6.45, 7) is 1.56. The van der Waals surface area contributed by atoms with Gasteiger partial charge in [0.25, 0.3) is 0 Å². The van der Waals surface area contributed by atoms with E-state index in [0.29, 0.717) is 11.6 Å². The zero-order chi connectivity index (χ0) is 13.0. The normalized spacial score (nSPS) is 11.8. The quantitative estimate of drug-likeness (QED) is 0.799. The van der Waals surface area contributed by atoms with Gasteiger partial charge in [0, 0.05) is 20.3 Å². The van der Waals surface area contributed by atoms with E-state index in [1.165, 1.54) is 7.11 Å². The summed E-state index contributed by atoms with van der Waals surface area (Å²) in [5, 5.41) is 11.8. The monoisotopic (exact) mass is 239 g/mol. The molecule has 1 unspecified atom stereocenters. The molecule has 0 amide bonds. The van der Waals surface area contributed by atoms with Gasteiger partial charge in [0.1, 0.15) is 11.7 Å². The Morgan fingerprint density at radius 2 is 2.24 bits per heavy atom. The Kier molecular flexibility index (Phi) is 4.14. The molecule has 6 nitrogen and oxygen atoms in total. The van der Waals surface area contributed by atoms with E-state index in [2.05, 4.69) is 10.3 Å². The lowest BCUT2D eigenvalue weighted by molar-refractivity contribution is -0.137. The first-order valence-electron chi connectivity index (χ1n) is 5.17. The average molecular weight is 239 g/mol. The second-order valence-corrected chi connectivity index (χ2v) is 3.81. The number of aliphatic carboxylic acids is 1. The van der Waals surface area contributed by atoms with Crippen LogP contribution in [-0.2, 0) is 4.79 Å². The van der Waals surface area contributed by atoms with Crippen molar-refractivity contribution in [3.05, 3.63) is 12.3 Å². The van der Waals surface area contributed by atoms with Gasteiger partial charge in [-0.15, -0.1) is 0 Å². The molecule has 0 aliphatic rings. The second-order valence-electron chi connectivity index (χ2n) is 3.81. The fourth-order valence-corrected chi connectivity index (χ4v) is 1.37. The summed E-state index contributed by atoms with van der Waals surface area (Å²) in [5.74, 6) is -0.551. The minimum absolute atomic E-state index is 0.379. The number of nitrogens with one attached hydrogen (secondary N) is 1. The molecular weight excluding hydrogens is 222 g/mol. The van der Waals surface area contributed by atoms with Gasteiger partial charge in [0.15, 0.2) is 0 Å². The fraction of sp³-hybridized carbons (Fsp3) is 0.455. The number of aromatic nitrogens is 1. The molecule has 0 aromatic carbocycles. The lowest BCUT2D eigenvalue weighted by atomic mass is 10.2. The summed E-state index contributed by atoms with van der Waals surface area (Å²) in [6.07, 6.45) is 1.62. The Bertz CT molecular complexity index is 407. The minimum atomic E-state index is -0.930. The topological polar surface area (TPSA) is 74.7 Å². The lowest BCUT2D eigenvalue weighted by Crippen LogP contribution is -2.27. The van der Waals surface area contributed by atoms with Crippen molar-refractivity contribution in [3.63, 3.8) is 0 Å². The van der Waals surface area contributed by atoms with Gasteiger partial charge >= 0.3 is 5.97 Å². The molecule has 2 N–H and O–H groups in total. The van der Waals surface area contributed by atoms with Crippen LogP contribution in [-0.4, -0.2) is 43.3 Å². The number of carboxylic acids is 1. The molecule has 0 fully saturated rings. The largest absolute Gasteiger partial charge is 0.480 e. The van der Waals surface area contributed by atoms with Crippen molar-refractivity contribution < 1.29 is 14.6 Å². The molecule has 0 aliphatic heterocycles. The van der Waals surface area contributed by atoms with E-state index in [-0.39, 0.29) is 0 Å². The number of carbonyl (C=O) groups is 1. The Hall–Kier alpha value is -1.98. The maximum absolute atomic E-state index is 10.8. The second kappa shape index (κ2) is 5.38. The molecule has 1 aromatic rings. The molecule has 0 saturated carbocycles. The summed E-state index contributed by atoms with van der Waals surface area (Å²) in [4.78, 5) is 16.8. The third-order valence-electron chi connectivity index (χ3n) is 2.30. The average Bonchev–Trinajstić information content (AvgIpc) is 2.28. The molecule has 1 aromatic heterocycles. The summed E-state index contributed by atoms with van der Waals surface area (Å²) < 4.78 is 5.12. The van der Waals surface area contributed by atoms with Crippen molar-refractivity contribution in [2.24, 2.45) is 0 Å². The first-order chi connectivity index (χ1) is 7.97. The Balaban J connectivity index is 3.13. The SMILES string of the molecule is COc1nccc(N(C)C)c1NC(C)C(=O)O. The summed E-state index contributed by atoms with van der Waals surface area (Å²) in [7, 11) is 5.23. The third kappa shape index (κ3) is 2.99. The van der Waals surface area contributed by atoms with Crippen LogP contribution in [0.15, 0.2) is 12.3 Å². The van der Waals surface area contributed by atoms with Gasteiger partial charge < -0.3 is 20.1 Å². The number of nitrogens with zero attached hydrogens (tertiary/aromatic N) is 2. The maximum Gasteiger partial charge on any atom is 0.325 e. The van der Waals surface area contributed by atoms with E-state index >= 15 is 0 Å². The van der Waals surface area contributed by atoms with Crippen LogP contribution in [0.5, 0.6) is 5.88 Å². The molecule has 1 heterocycles. The highest BCUT2D eigenvalue weighted by atomic mass is 16.5. The molecule has 6 heteroatoms. The number of pyridine rings is 1. The van der Waals surface area contributed by atoms with Crippen LogP contribution in [0, 0.1) is 0 Å². The third-order valence-corrected chi connectivity index (χ3v) is 2.30. The smallest absolute Gasteiger partial charge is 0.325 e. The number of hydrogen-bond acceptors (Lipinski definition) is 5. The molecule has 0 radical (unpaired) electrons. The van der Waals surface area contributed by atoms with Crippen molar-refractivity contribution in [2.45, 2.75) is 13.0 Å². The van der Waals surface area contributed by atoms with Gasteiger partial charge in [-0.2, -0.15) is 0 Å². The first-order valence-corrected chi connectivity index (χ1v) is 5.17. The van der Waals surface area contributed by atoms with Crippen molar-refractivity contribution in [1.82, 2.24) is 4.98 Å². The van der Waals surface area contributed by atoms with Gasteiger partial charge in [-0.3, -0.25) is 4.79 Å². The Morgan fingerprint density at radius 1 is 1.59 bits per heavy atom. The van der Waals surface area contributed by atoms with Gasteiger partial charge in [-0.1, -0.05) is 0 Å². The molecule has 0 bridgehead atoms. The fourth-order valence-electron chi connectivity index (χ4n) is 1.37. The van der Waals surface area contributed by atoms with E-state index in [4.69, 9.17) is 9.84 Å². The maximum atomic E-state index is 10.8. The van der Waals surface area contributed by atoms with Crippen molar-refractivity contribution >= 4 is 17.3 Å². The van der Waals surface area contributed by atoms with Crippen molar-refractivity contribution in [3.8, 4) is 5.88 Å². The van der Waals surface area contributed by atoms with Gasteiger partial charge in [-0.05, 0) is 13.0 Å². The predicted octanol–water partition coefficient (Wildman–Crippen LogP) is 1.04. The van der Waals surface area contributed by atoms with Crippen LogP contribution in [0.3, 0.4) is 0 Å². The molecule has 0 saturated heterocycles. The molecule has 0 aliphatic carbocycles. The van der Waals surface area contributed by atoms with E-state index in [1.54, 1.807) is 19.2 Å². The highest BCUT2D eigenvalue weighted by Crippen LogP contribution is 2.32.